The standard InChI is InChI=1S/C17H18ClNO3/c1-11(15-10-14(21-2)7-8-16(15)22-3)19-17(20)12-5-4-6-13(18)9-12/h4-11H,1-3H3,(H,19,20)/t11-/m1/s1. The summed E-state index contributed by atoms with van der Waals surface area (Å²) in [6, 6.07) is 12.1. The SMILES string of the molecule is COc1ccc(OC)c([C@@H](C)NC(=O)c2cccc(Cl)c2)c1. The van der Waals surface area contributed by atoms with E-state index in [2.05, 4.69) is 5.32 Å². The van der Waals surface area contributed by atoms with Crippen molar-refractivity contribution in [2.24, 2.45) is 0 Å². The highest BCUT2D eigenvalue weighted by molar-refractivity contribution is 6.30. The lowest BCUT2D eigenvalue weighted by atomic mass is 10.1. The molecule has 0 saturated heterocycles. The largest absolute Gasteiger partial charge is 0.497 e. The molecule has 0 spiro atoms. The third kappa shape index (κ3) is 3.71. The maximum Gasteiger partial charge on any atom is 0.251 e. The maximum absolute atomic E-state index is 12.3. The molecule has 5 heteroatoms. The van der Waals surface area contributed by atoms with Crippen molar-refractivity contribution in [1.82, 2.24) is 5.32 Å². The van der Waals surface area contributed by atoms with Gasteiger partial charge >= 0.3 is 0 Å². The van der Waals surface area contributed by atoms with Crippen LogP contribution in [0, 0.1) is 0 Å². The summed E-state index contributed by atoms with van der Waals surface area (Å²) in [7, 11) is 3.19. The molecule has 1 atom stereocenters. The number of hydrogen-bond acceptors (Lipinski definition) is 3. The minimum absolute atomic E-state index is 0.195. The second-order valence-electron chi connectivity index (χ2n) is 4.81. The Balaban J connectivity index is 2.21. The van der Waals surface area contributed by atoms with Gasteiger partial charge in [-0.3, -0.25) is 4.79 Å². The lowest BCUT2D eigenvalue weighted by molar-refractivity contribution is 0.0939. The summed E-state index contributed by atoms with van der Waals surface area (Å²) < 4.78 is 10.6. The third-order valence-corrected chi connectivity index (χ3v) is 3.57. The summed E-state index contributed by atoms with van der Waals surface area (Å²) in [6.45, 7) is 1.89. The predicted molar refractivity (Wildman–Crippen MR) is 86.9 cm³/mol. The Labute approximate surface area is 135 Å². The highest BCUT2D eigenvalue weighted by Gasteiger charge is 2.16. The molecule has 0 radical (unpaired) electrons. The molecule has 0 aliphatic heterocycles. The van der Waals surface area contributed by atoms with Gasteiger partial charge in [0.1, 0.15) is 11.5 Å². The van der Waals surface area contributed by atoms with Crippen LogP contribution in [0.4, 0.5) is 0 Å². The lowest BCUT2D eigenvalue weighted by Gasteiger charge is -2.18. The van der Waals surface area contributed by atoms with Gasteiger partial charge in [-0.15, -0.1) is 0 Å². The van der Waals surface area contributed by atoms with Crippen LogP contribution in [-0.2, 0) is 0 Å². The van der Waals surface area contributed by atoms with Crippen LogP contribution in [0.15, 0.2) is 42.5 Å². The molecule has 0 aromatic heterocycles. The summed E-state index contributed by atoms with van der Waals surface area (Å²) in [4.78, 5) is 12.3. The van der Waals surface area contributed by atoms with E-state index >= 15 is 0 Å². The number of carbonyl (C=O) groups excluding carboxylic acids is 1. The van der Waals surface area contributed by atoms with Crippen LogP contribution in [0.25, 0.3) is 0 Å². The molecule has 2 aromatic carbocycles. The van der Waals surface area contributed by atoms with Gasteiger partial charge in [0.15, 0.2) is 0 Å². The first-order valence-corrected chi connectivity index (χ1v) is 7.21. The van der Waals surface area contributed by atoms with Crippen LogP contribution in [0.1, 0.15) is 28.9 Å². The summed E-state index contributed by atoms with van der Waals surface area (Å²) in [5, 5.41) is 3.46. The number of benzene rings is 2. The molecule has 22 heavy (non-hydrogen) atoms. The summed E-state index contributed by atoms with van der Waals surface area (Å²) in [6.07, 6.45) is 0. The molecule has 2 rings (SSSR count). The molecule has 0 aliphatic rings. The van der Waals surface area contributed by atoms with Crippen molar-refractivity contribution in [3.63, 3.8) is 0 Å². The topological polar surface area (TPSA) is 47.6 Å². The molecule has 0 saturated carbocycles. The van der Waals surface area contributed by atoms with E-state index < -0.39 is 0 Å². The molecule has 116 valence electrons. The number of amides is 1. The van der Waals surface area contributed by atoms with Gasteiger partial charge in [-0.25, -0.2) is 0 Å². The Morgan fingerprint density at radius 1 is 1.14 bits per heavy atom. The van der Waals surface area contributed by atoms with E-state index in [4.69, 9.17) is 21.1 Å². The molecule has 0 bridgehead atoms. The van der Waals surface area contributed by atoms with E-state index in [1.165, 1.54) is 0 Å². The van der Waals surface area contributed by atoms with Crippen molar-refractivity contribution in [2.45, 2.75) is 13.0 Å². The lowest BCUT2D eigenvalue weighted by Crippen LogP contribution is -2.26. The summed E-state index contributed by atoms with van der Waals surface area (Å²) in [5.41, 5.74) is 1.36. The monoisotopic (exact) mass is 319 g/mol. The molecule has 1 N–H and O–H groups in total. The molecule has 0 fully saturated rings. The Morgan fingerprint density at radius 3 is 2.55 bits per heavy atom. The third-order valence-electron chi connectivity index (χ3n) is 3.34. The number of hydrogen-bond donors (Lipinski definition) is 1. The second-order valence-corrected chi connectivity index (χ2v) is 5.25. The van der Waals surface area contributed by atoms with E-state index in [-0.39, 0.29) is 11.9 Å². The second kappa shape index (κ2) is 7.18. The van der Waals surface area contributed by atoms with Gasteiger partial charge in [-0.2, -0.15) is 0 Å². The van der Waals surface area contributed by atoms with Crippen molar-refractivity contribution in [3.05, 3.63) is 58.6 Å². The minimum Gasteiger partial charge on any atom is -0.497 e. The van der Waals surface area contributed by atoms with Crippen molar-refractivity contribution in [1.29, 1.82) is 0 Å². The van der Waals surface area contributed by atoms with Crippen molar-refractivity contribution >= 4 is 17.5 Å². The number of carbonyl (C=O) groups is 1. The highest BCUT2D eigenvalue weighted by atomic mass is 35.5. The fraction of sp³-hybridized carbons (Fsp3) is 0.235. The first-order chi connectivity index (χ1) is 10.5. The van der Waals surface area contributed by atoms with Crippen molar-refractivity contribution in [2.75, 3.05) is 14.2 Å². The van der Waals surface area contributed by atoms with Gasteiger partial charge in [-0.1, -0.05) is 17.7 Å². The zero-order valence-corrected chi connectivity index (χ0v) is 13.5. The van der Waals surface area contributed by atoms with Gasteiger partial charge in [-0.05, 0) is 43.3 Å². The van der Waals surface area contributed by atoms with Crippen molar-refractivity contribution < 1.29 is 14.3 Å². The molecular formula is C17H18ClNO3. The van der Waals surface area contributed by atoms with E-state index in [9.17, 15) is 4.79 Å². The van der Waals surface area contributed by atoms with Gasteiger partial charge in [0.25, 0.3) is 5.91 Å². The number of ether oxygens (including phenoxy) is 2. The number of methoxy groups -OCH3 is 2. The fourth-order valence-corrected chi connectivity index (χ4v) is 2.36. The van der Waals surface area contributed by atoms with E-state index in [1.807, 2.05) is 25.1 Å². The van der Waals surface area contributed by atoms with Gasteiger partial charge in [0, 0.05) is 16.1 Å². The Bertz CT molecular complexity index is 673. The average Bonchev–Trinajstić information content (AvgIpc) is 2.54. The van der Waals surface area contributed by atoms with E-state index in [0.29, 0.717) is 22.1 Å². The molecule has 4 nitrogen and oxygen atoms in total. The molecule has 0 aliphatic carbocycles. The highest BCUT2D eigenvalue weighted by Crippen LogP contribution is 2.29. The van der Waals surface area contributed by atoms with Crippen molar-refractivity contribution in [3.8, 4) is 11.5 Å². The summed E-state index contributed by atoms with van der Waals surface area (Å²) in [5.74, 6) is 1.21. The predicted octanol–water partition coefficient (Wildman–Crippen LogP) is 3.85. The zero-order valence-electron chi connectivity index (χ0n) is 12.7. The first-order valence-electron chi connectivity index (χ1n) is 6.83. The minimum atomic E-state index is -0.239. The average molecular weight is 320 g/mol. The molecule has 2 aromatic rings. The molecule has 0 heterocycles. The molecule has 1 amide bonds. The maximum atomic E-state index is 12.3. The smallest absolute Gasteiger partial charge is 0.251 e. The van der Waals surface area contributed by atoms with Gasteiger partial charge < -0.3 is 14.8 Å². The van der Waals surface area contributed by atoms with Crippen LogP contribution in [0.3, 0.4) is 0 Å². The Morgan fingerprint density at radius 2 is 1.91 bits per heavy atom. The van der Waals surface area contributed by atoms with Crippen LogP contribution < -0.4 is 14.8 Å². The van der Waals surface area contributed by atoms with Crippen LogP contribution in [0.5, 0.6) is 11.5 Å². The Hall–Kier alpha value is -2.20. The number of nitrogens with one attached hydrogen (secondary N) is 1. The van der Waals surface area contributed by atoms with Gasteiger partial charge in [0.05, 0.1) is 20.3 Å². The first kappa shape index (κ1) is 16.2. The molecular weight excluding hydrogens is 302 g/mol. The Kier molecular flexibility index (Phi) is 5.28. The quantitative estimate of drug-likeness (QED) is 0.910. The fourth-order valence-electron chi connectivity index (χ4n) is 2.17. The van der Waals surface area contributed by atoms with Crippen LogP contribution in [0.2, 0.25) is 5.02 Å². The molecule has 0 unspecified atom stereocenters. The number of rotatable bonds is 5. The zero-order chi connectivity index (χ0) is 16.1. The van der Waals surface area contributed by atoms with Crippen LogP contribution in [-0.4, -0.2) is 20.1 Å². The number of halogens is 1. The van der Waals surface area contributed by atoms with Crippen LogP contribution >= 0.6 is 11.6 Å². The van der Waals surface area contributed by atoms with E-state index in [0.717, 1.165) is 5.56 Å². The van der Waals surface area contributed by atoms with E-state index in [1.54, 1.807) is 38.5 Å². The summed E-state index contributed by atoms with van der Waals surface area (Å²) >= 11 is 5.91. The normalized spacial score (nSPS) is 11.6. The van der Waals surface area contributed by atoms with Gasteiger partial charge in [0.2, 0.25) is 0 Å².